The highest BCUT2D eigenvalue weighted by Crippen LogP contribution is 2.19. The number of hydrogen-bond acceptors (Lipinski definition) is 2. The Morgan fingerprint density at radius 2 is 2.00 bits per heavy atom. The number of hydrogen-bond donors (Lipinski definition) is 1. The van der Waals surface area contributed by atoms with Crippen LogP contribution in [0.2, 0.25) is 0 Å². The van der Waals surface area contributed by atoms with E-state index in [1.807, 2.05) is 49.4 Å². The zero-order valence-corrected chi connectivity index (χ0v) is 12.5. The SMILES string of the molecule is CCC[C@H](C)NC(=O)/C(=C/c1ccco1)c1ccccc1. The molecule has 0 fully saturated rings. The van der Waals surface area contributed by atoms with Crippen molar-refractivity contribution >= 4 is 17.6 Å². The van der Waals surface area contributed by atoms with Gasteiger partial charge in [0, 0.05) is 6.04 Å². The molecule has 0 saturated carbocycles. The third kappa shape index (κ3) is 4.35. The first-order chi connectivity index (χ1) is 10.2. The molecule has 1 heterocycles. The lowest BCUT2D eigenvalue weighted by Crippen LogP contribution is -2.32. The van der Waals surface area contributed by atoms with Gasteiger partial charge in [-0.2, -0.15) is 0 Å². The Morgan fingerprint density at radius 1 is 1.24 bits per heavy atom. The van der Waals surface area contributed by atoms with Gasteiger partial charge in [-0.3, -0.25) is 4.79 Å². The van der Waals surface area contributed by atoms with Crippen LogP contribution >= 0.6 is 0 Å². The van der Waals surface area contributed by atoms with Crippen LogP contribution in [0.3, 0.4) is 0 Å². The average molecular weight is 283 g/mol. The summed E-state index contributed by atoms with van der Waals surface area (Å²) in [7, 11) is 0. The van der Waals surface area contributed by atoms with Crippen molar-refractivity contribution in [1.82, 2.24) is 5.32 Å². The summed E-state index contributed by atoms with van der Waals surface area (Å²) in [6, 6.07) is 13.5. The summed E-state index contributed by atoms with van der Waals surface area (Å²) in [4.78, 5) is 12.5. The van der Waals surface area contributed by atoms with Crippen LogP contribution in [0.25, 0.3) is 11.6 Å². The molecule has 3 nitrogen and oxygen atoms in total. The molecular weight excluding hydrogens is 262 g/mol. The van der Waals surface area contributed by atoms with Crippen LogP contribution in [0.4, 0.5) is 0 Å². The van der Waals surface area contributed by atoms with Crippen molar-refractivity contribution in [3.63, 3.8) is 0 Å². The molecule has 0 unspecified atom stereocenters. The fourth-order valence-electron chi connectivity index (χ4n) is 2.22. The number of furan rings is 1. The molecule has 21 heavy (non-hydrogen) atoms. The van der Waals surface area contributed by atoms with Crippen LogP contribution in [-0.4, -0.2) is 11.9 Å². The van der Waals surface area contributed by atoms with Crippen LogP contribution in [0, 0.1) is 0 Å². The van der Waals surface area contributed by atoms with Gasteiger partial charge in [-0.1, -0.05) is 43.7 Å². The molecule has 0 bridgehead atoms. The Balaban J connectivity index is 2.26. The smallest absolute Gasteiger partial charge is 0.252 e. The Hall–Kier alpha value is -2.29. The molecule has 0 spiro atoms. The summed E-state index contributed by atoms with van der Waals surface area (Å²) in [5.74, 6) is 0.602. The minimum absolute atomic E-state index is 0.0708. The molecule has 0 aliphatic rings. The maximum Gasteiger partial charge on any atom is 0.252 e. The molecule has 110 valence electrons. The standard InChI is InChI=1S/C18H21NO2/c1-3-8-14(2)19-18(20)17(13-16-11-7-12-21-16)15-9-5-4-6-10-15/h4-7,9-14H,3,8H2,1-2H3,(H,19,20)/b17-13+/t14-/m0/s1. The Kier molecular flexibility index (Phi) is 5.38. The topological polar surface area (TPSA) is 42.2 Å². The predicted octanol–water partition coefficient (Wildman–Crippen LogP) is 4.13. The predicted molar refractivity (Wildman–Crippen MR) is 85.5 cm³/mol. The van der Waals surface area contributed by atoms with E-state index in [1.54, 1.807) is 12.3 Å². The number of nitrogens with one attached hydrogen (secondary N) is 1. The second kappa shape index (κ2) is 7.48. The highest BCUT2D eigenvalue weighted by molar-refractivity contribution is 6.24. The number of amides is 1. The summed E-state index contributed by atoms with van der Waals surface area (Å²) >= 11 is 0. The largest absolute Gasteiger partial charge is 0.465 e. The molecule has 0 aliphatic carbocycles. The van der Waals surface area contributed by atoms with E-state index >= 15 is 0 Å². The van der Waals surface area contributed by atoms with Crippen LogP contribution in [-0.2, 0) is 4.79 Å². The molecule has 1 aromatic heterocycles. The van der Waals surface area contributed by atoms with Crippen molar-refractivity contribution in [3.8, 4) is 0 Å². The summed E-state index contributed by atoms with van der Waals surface area (Å²) in [6.07, 6.45) is 5.40. The first-order valence-corrected chi connectivity index (χ1v) is 7.32. The van der Waals surface area contributed by atoms with E-state index in [9.17, 15) is 4.79 Å². The maximum atomic E-state index is 12.5. The van der Waals surface area contributed by atoms with Crippen molar-refractivity contribution in [1.29, 1.82) is 0 Å². The van der Waals surface area contributed by atoms with Gasteiger partial charge in [0.15, 0.2) is 0 Å². The van der Waals surface area contributed by atoms with Gasteiger partial charge in [-0.05, 0) is 37.1 Å². The molecule has 3 heteroatoms. The third-order valence-electron chi connectivity index (χ3n) is 3.26. The van der Waals surface area contributed by atoms with Crippen LogP contribution in [0.15, 0.2) is 53.1 Å². The molecular formula is C18H21NO2. The molecule has 0 radical (unpaired) electrons. The molecule has 0 saturated heterocycles. The second-order valence-electron chi connectivity index (χ2n) is 5.10. The Labute approximate surface area is 125 Å². The number of benzene rings is 1. The fraction of sp³-hybridized carbons (Fsp3) is 0.278. The zero-order chi connectivity index (χ0) is 15.1. The lowest BCUT2D eigenvalue weighted by molar-refractivity contribution is -0.116. The van der Waals surface area contributed by atoms with Crippen molar-refractivity contribution < 1.29 is 9.21 Å². The van der Waals surface area contributed by atoms with Crippen molar-refractivity contribution in [2.75, 3.05) is 0 Å². The van der Waals surface area contributed by atoms with Crippen molar-refractivity contribution in [2.24, 2.45) is 0 Å². The van der Waals surface area contributed by atoms with E-state index in [1.165, 1.54) is 0 Å². The van der Waals surface area contributed by atoms with Crippen molar-refractivity contribution in [3.05, 3.63) is 60.1 Å². The molecule has 1 atom stereocenters. The monoisotopic (exact) mass is 283 g/mol. The van der Waals surface area contributed by atoms with Gasteiger partial charge in [0.25, 0.3) is 5.91 Å². The summed E-state index contributed by atoms with van der Waals surface area (Å²) in [5, 5.41) is 3.04. The van der Waals surface area contributed by atoms with Crippen molar-refractivity contribution in [2.45, 2.75) is 32.7 Å². The highest BCUT2D eigenvalue weighted by Gasteiger charge is 2.14. The minimum atomic E-state index is -0.0708. The van der Waals surface area contributed by atoms with E-state index in [-0.39, 0.29) is 11.9 Å². The Morgan fingerprint density at radius 3 is 2.62 bits per heavy atom. The van der Waals surface area contributed by atoms with Gasteiger partial charge in [-0.15, -0.1) is 0 Å². The zero-order valence-electron chi connectivity index (χ0n) is 12.5. The third-order valence-corrected chi connectivity index (χ3v) is 3.26. The molecule has 1 N–H and O–H groups in total. The Bertz CT molecular complexity index is 585. The van der Waals surface area contributed by atoms with Gasteiger partial charge < -0.3 is 9.73 Å². The number of carbonyl (C=O) groups is 1. The summed E-state index contributed by atoms with van der Waals surface area (Å²) in [6.45, 7) is 4.14. The highest BCUT2D eigenvalue weighted by atomic mass is 16.3. The quantitative estimate of drug-likeness (QED) is 0.810. The minimum Gasteiger partial charge on any atom is -0.465 e. The summed E-state index contributed by atoms with van der Waals surface area (Å²) in [5.41, 5.74) is 1.50. The van der Waals surface area contributed by atoms with Gasteiger partial charge in [0.1, 0.15) is 5.76 Å². The maximum absolute atomic E-state index is 12.5. The fourth-order valence-corrected chi connectivity index (χ4v) is 2.22. The van der Waals surface area contributed by atoms with Crippen LogP contribution in [0.5, 0.6) is 0 Å². The normalized spacial score (nSPS) is 13.0. The molecule has 1 amide bonds. The lowest BCUT2D eigenvalue weighted by Gasteiger charge is -2.14. The molecule has 2 rings (SSSR count). The van der Waals surface area contributed by atoms with E-state index in [2.05, 4.69) is 12.2 Å². The van der Waals surface area contributed by atoms with E-state index in [4.69, 9.17) is 4.42 Å². The number of rotatable bonds is 6. The first-order valence-electron chi connectivity index (χ1n) is 7.32. The second-order valence-corrected chi connectivity index (χ2v) is 5.10. The lowest BCUT2D eigenvalue weighted by atomic mass is 10.0. The average Bonchev–Trinajstić information content (AvgIpc) is 2.99. The molecule has 0 aliphatic heterocycles. The van der Waals surface area contributed by atoms with Crippen LogP contribution < -0.4 is 5.32 Å². The van der Waals surface area contributed by atoms with Gasteiger partial charge in [-0.25, -0.2) is 0 Å². The van der Waals surface area contributed by atoms with E-state index in [0.717, 1.165) is 18.4 Å². The van der Waals surface area contributed by atoms with Crippen LogP contribution in [0.1, 0.15) is 38.0 Å². The van der Waals surface area contributed by atoms with Gasteiger partial charge in [0.05, 0.1) is 11.8 Å². The van der Waals surface area contributed by atoms with E-state index < -0.39 is 0 Å². The van der Waals surface area contributed by atoms with E-state index in [0.29, 0.717) is 11.3 Å². The molecule has 1 aromatic carbocycles. The first kappa shape index (κ1) is 15.1. The van der Waals surface area contributed by atoms with Gasteiger partial charge in [0.2, 0.25) is 0 Å². The number of carbonyl (C=O) groups excluding carboxylic acids is 1. The van der Waals surface area contributed by atoms with Gasteiger partial charge >= 0.3 is 0 Å². The molecule has 2 aromatic rings. The summed E-state index contributed by atoms with van der Waals surface area (Å²) < 4.78 is 5.33.